The first-order chi connectivity index (χ1) is 4.63. The van der Waals surface area contributed by atoms with Crippen molar-refractivity contribution < 1.29 is 0 Å². The van der Waals surface area contributed by atoms with Crippen molar-refractivity contribution in [3.8, 4) is 0 Å². The highest BCUT2D eigenvalue weighted by atomic mass is 79.9. The molecule has 0 bridgehead atoms. The summed E-state index contributed by atoms with van der Waals surface area (Å²) in [6, 6.07) is 0.630. The molecule has 0 rings (SSSR count). The topological polar surface area (TPSA) is 12.0 Å². The minimum atomic E-state index is 0.630. The standard InChI is InChI=1S/C8H18BrN/c1-7(2)10-6-4-5-8(3)9/h7-8,10H,4-6H2,1-3H3. The van der Waals surface area contributed by atoms with Gasteiger partial charge in [0.1, 0.15) is 0 Å². The maximum atomic E-state index is 3.51. The van der Waals surface area contributed by atoms with Crippen LogP contribution in [0.3, 0.4) is 0 Å². The van der Waals surface area contributed by atoms with Gasteiger partial charge in [-0.2, -0.15) is 0 Å². The second kappa shape index (κ2) is 6.17. The Hall–Kier alpha value is 0.440. The van der Waals surface area contributed by atoms with E-state index in [0.717, 1.165) is 6.54 Å². The Morgan fingerprint density at radius 3 is 2.30 bits per heavy atom. The predicted molar refractivity (Wildman–Crippen MR) is 50.8 cm³/mol. The Bertz CT molecular complexity index is 61.7. The van der Waals surface area contributed by atoms with E-state index in [2.05, 4.69) is 42.0 Å². The molecule has 0 amide bonds. The van der Waals surface area contributed by atoms with Gasteiger partial charge in [0.05, 0.1) is 0 Å². The molecule has 0 saturated heterocycles. The van der Waals surface area contributed by atoms with Crippen molar-refractivity contribution in [1.29, 1.82) is 0 Å². The molecule has 0 aromatic heterocycles. The van der Waals surface area contributed by atoms with Crippen LogP contribution in [0.4, 0.5) is 0 Å². The second-order valence-electron chi connectivity index (χ2n) is 3.03. The third kappa shape index (κ3) is 8.44. The average molecular weight is 208 g/mol. The normalized spacial score (nSPS) is 14.1. The van der Waals surface area contributed by atoms with Gasteiger partial charge in [0.2, 0.25) is 0 Å². The number of alkyl halides is 1. The lowest BCUT2D eigenvalue weighted by Gasteiger charge is -2.07. The van der Waals surface area contributed by atoms with Crippen molar-refractivity contribution in [2.75, 3.05) is 6.54 Å². The largest absolute Gasteiger partial charge is 0.315 e. The first kappa shape index (κ1) is 10.4. The van der Waals surface area contributed by atoms with Crippen LogP contribution >= 0.6 is 15.9 Å². The van der Waals surface area contributed by atoms with Gasteiger partial charge < -0.3 is 5.32 Å². The molecular weight excluding hydrogens is 190 g/mol. The number of hydrogen-bond acceptors (Lipinski definition) is 1. The molecule has 0 aromatic carbocycles. The summed E-state index contributed by atoms with van der Waals surface area (Å²) >= 11 is 3.51. The van der Waals surface area contributed by atoms with Crippen molar-refractivity contribution in [3.63, 3.8) is 0 Å². The fourth-order valence-electron chi connectivity index (χ4n) is 0.774. The van der Waals surface area contributed by atoms with E-state index in [4.69, 9.17) is 0 Å². The number of hydrogen-bond donors (Lipinski definition) is 1. The van der Waals surface area contributed by atoms with Crippen LogP contribution in [0.2, 0.25) is 0 Å². The summed E-state index contributed by atoms with van der Waals surface area (Å²) in [5, 5.41) is 3.38. The van der Waals surface area contributed by atoms with Gasteiger partial charge in [-0.1, -0.05) is 36.7 Å². The highest BCUT2D eigenvalue weighted by Crippen LogP contribution is 2.04. The maximum Gasteiger partial charge on any atom is 0.0118 e. The molecule has 0 radical (unpaired) electrons. The molecular formula is C8H18BrN. The summed E-state index contributed by atoms with van der Waals surface area (Å²) < 4.78 is 0. The first-order valence-corrected chi connectivity index (χ1v) is 4.92. The van der Waals surface area contributed by atoms with Crippen LogP contribution in [-0.4, -0.2) is 17.4 Å². The fraction of sp³-hybridized carbons (Fsp3) is 1.00. The molecule has 0 fully saturated rings. The zero-order chi connectivity index (χ0) is 7.98. The summed E-state index contributed by atoms with van der Waals surface area (Å²) in [5.41, 5.74) is 0. The molecule has 0 aliphatic rings. The van der Waals surface area contributed by atoms with Gasteiger partial charge in [-0.3, -0.25) is 0 Å². The minimum Gasteiger partial charge on any atom is -0.315 e. The van der Waals surface area contributed by atoms with Crippen LogP contribution < -0.4 is 5.32 Å². The van der Waals surface area contributed by atoms with Crippen LogP contribution in [0, 0.1) is 0 Å². The van der Waals surface area contributed by atoms with Gasteiger partial charge in [-0.15, -0.1) is 0 Å². The highest BCUT2D eigenvalue weighted by molar-refractivity contribution is 9.09. The molecule has 1 unspecified atom stereocenters. The van der Waals surface area contributed by atoms with Crippen molar-refractivity contribution in [2.24, 2.45) is 0 Å². The van der Waals surface area contributed by atoms with Crippen LogP contribution in [-0.2, 0) is 0 Å². The zero-order valence-electron chi connectivity index (χ0n) is 7.15. The van der Waals surface area contributed by atoms with Gasteiger partial charge in [0.25, 0.3) is 0 Å². The van der Waals surface area contributed by atoms with E-state index in [1.807, 2.05) is 0 Å². The molecule has 62 valence electrons. The molecule has 2 heteroatoms. The van der Waals surface area contributed by atoms with E-state index in [1.165, 1.54) is 12.8 Å². The quantitative estimate of drug-likeness (QED) is 0.540. The first-order valence-electron chi connectivity index (χ1n) is 4.00. The van der Waals surface area contributed by atoms with E-state index < -0.39 is 0 Å². The van der Waals surface area contributed by atoms with E-state index in [1.54, 1.807) is 0 Å². The minimum absolute atomic E-state index is 0.630. The summed E-state index contributed by atoms with van der Waals surface area (Å²) in [7, 11) is 0. The Kier molecular flexibility index (Phi) is 6.44. The summed E-state index contributed by atoms with van der Waals surface area (Å²) in [5.74, 6) is 0. The lowest BCUT2D eigenvalue weighted by atomic mass is 10.2. The van der Waals surface area contributed by atoms with Crippen LogP contribution in [0.15, 0.2) is 0 Å². The van der Waals surface area contributed by atoms with Crippen molar-refractivity contribution >= 4 is 15.9 Å². The Morgan fingerprint density at radius 2 is 1.90 bits per heavy atom. The monoisotopic (exact) mass is 207 g/mol. The summed E-state index contributed by atoms with van der Waals surface area (Å²) in [6.07, 6.45) is 2.53. The molecule has 1 N–H and O–H groups in total. The number of nitrogens with one attached hydrogen (secondary N) is 1. The molecule has 0 spiro atoms. The molecule has 0 heterocycles. The highest BCUT2D eigenvalue weighted by Gasteiger charge is 1.95. The Morgan fingerprint density at radius 1 is 1.30 bits per heavy atom. The van der Waals surface area contributed by atoms with Gasteiger partial charge in [-0.05, 0) is 19.4 Å². The lowest BCUT2D eigenvalue weighted by molar-refractivity contribution is 0.558. The van der Waals surface area contributed by atoms with Crippen molar-refractivity contribution in [2.45, 2.75) is 44.5 Å². The van der Waals surface area contributed by atoms with E-state index in [-0.39, 0.29) is 0 Å². The molecule has 1 atom stereocenters. The SMILES string of the molecule is CC(Br)CCCNC(C)C. The Balaban J connectivity index is 2.91. The molecule has 10 heavy (non-hydrogen) atoms. The van der Waals surface area contributed by atoms with E-state index in [9.17, 15) is 0 Å². The summed E-state index contributed by atoms with van der Waals surface area (Å²) in [6.45, 7) is 7.69. The molecule has 0 aliphatic carbocycles. The van der Waals surface area contributed by atoms with Crippen LogP contribution in [0.1, 0.15) is 33.6 Å². The third-order valence-corrected chi connectivity index (χ3v) is 1.79. The van der Waals surface area contributed by atoms with Crippen LogP contribution in [0.25, 0.3) is 0 Å². The zero-order valence-corrected chi connectivity index (χ0v) is 8.74. The van der Waals surface area contributed by atoms with Crippen molar-refractivity contribution in [3.05, 3.63) is 0 Å². The number of halogens is 1. The fourth-order valence-corrected chi connectivity index (χ4v) is 1.10. The average Bonchev–Trinajstić information content (AvgIpc) is 1.79. The second-order valence-corrected chi connectivity index (χ2v) is 4.59. The van der Waals surface area contributed by atoms with Gasteiger partial charge in [0.15, 0.2) is 0 Å². The van der Waals surface area contributed by atoms with Crippen LogP contribution in [0.5, 0.6) is 0 Å². The molecule has 0 aromatic rings. The molecule has 0 aliphatic heterocycles. The van der Waals surface area contributed by atoms with Gasteiger partial charge in [-0.25, -0.2) is 0 Å². The third-order valence-electron chi connectivity index (χ3n) is 1.33. The molecule has 1 nitrogen and oxygen atoms in total. The van der Waals surface area contributed by atoms with E-state index in [0.29, 0.717) is 10.9 Å². The number of rotatable bonds is 5. The molecule has 0 saturated carbocycles. The predicted octanol–water partition coefficient (Wildman–Crippen LogP) is 2.55. The van der Waals surface area contributed by atoms with Gasteiger partial charge in [0, 0.05) is 10.9 Å². The lowest BCUT2D eigenvalue weighted by Crippen LogP contribution is -2.23. The van der Waals surface area contributed by atoms with E-state index >= 15 is 0 Å². The van der Waals surface area contributed by atoms with Crippen molar-refractivity contribution in [1.82, 2.24) is 5.32 Å². The smallest absolute Gasteiger partial charge is 0.0118 e. The van der Waals surface area contributed by atoms with Gasteiger partial charge >= 0.3 is 0 Å². The summed E-state index contributed by atoms with van der Waals surface area (Å²) in [4.78, 5) is 0.668. The Labute approximate surface area is 72.7 Å². The maximum absolute atomic E-state index is 3.51.